The fraction of sp³-hybridized carbons (Fsp3) is 0.381. The van der Waals surface area contributed by atoms with Gasteiger partial charge in [-0.3, -0.25) is 4.18 Å². The molecule has 32 heavy (non-hydrogen) atoms. The number of aliphatic hydroxyl groups excluding tert-OH is 1. The molecule has 1 fully saturated rings. The van der Waals surface area contributed by atoms with Crippen molar-refractivity contribution in [3.05, 3.63) is 65.2 Å². The standard InChI is InChI=1S/C21H23ClO9S/c1-13-17(23)18(30-21(24)28-12-14-6-4-3-5-7-14)19(20(27-2)29-13)31-32(25,26)16-10-8-15(22)9-11-16/h3-11,13,17-20,23H,12H2,1-2H3/t13-,17-,18+,19+,20-/m0/s1. The fourth-order valence-corrected chi connectivity index (χ4v) is 4.28. The highest BCUT2D eigenvalue weighted by atomic mass is 35.5. The molecule has 0 aliphatic carbocycles. The third-order valence-electron chi connectivity index (χ3n) is 4.76. The predicted octanol–water partition coefficient (Wildman–Crippen LogP) is 2.89. The number of aliphatic hydroxyl groups is 1. The normalized spacial score (nSPS) is 25.8. The second kappa shape index (κ2) is 10.6. The number of carbonyl (C=O) groups excluding carboxylic acids is 1. The summed E-state index contributed by atoms with van der Waals surface area (Å²) in [7, 11) is -3.08. The van der Waals surface area contributed by atoms with Gasteiger partial charge in [-0.05, 0) is 36.8 Å². The van der Waals surface area contributed by atoms with Gasteiger partial charge < -0.3 is 24.1 Å². The van der Waals surface area contributed by atoms with Crippen molar-refractivity contribution in [2.75, 3.05) is 7.11 Å². The summed E-state index contributed by atoms with van der Waals surface area (Å²) in [5.74, 6) is 0. The van der Waals surface area contributed by atoms with E-state index in [4.69, 9.17) is 34.7 Å². The van der Waals surface area contributed by atoms with E-state index in [0.29, 0.717) is 5.02 Å². The molecule has 3 rings (SSSR count). The topological polar surface area (TPSA) is 118 Å². The zero-order valence-electron chi connectivity index (χ0n) is 17.3. The largest absolute Gasteiger partial charge is 0.509 e. The first-order valence-corrected chi connectivity index (χ1v) is 11.4. The van der Waals surface area contributed by atoms with E-state index in [-0.39, 0.29) is 11.5 Å². The first-order valence-electron chi connectivity index (χ1n) is 9.64. The number of halogens is 1. The predicted molar refractivity (Wildman–Crippen MR) is 112 cm³/mol. The van der Waals surface area contributed by atoms with Gasteiger partial charge in [-0.1, -0.05) is 41.9 Å². The molecule has 5 atom stereocenters. The molecule has 0 radical (unpaired) electrons. The molecular formula is C21H23ClO9S. The second-order valence-electron chi connectivity index (χ2n) is 7.01. The Kier molecular flexibility index (Phi) is 8.10. The molecule has 0 unspecified atom stereocenters. The van der Waals surface area contributed by atoms with Crippen molar-refractivity contribution in [1.29, 1.82) is 0 Å². The van der Waals surface area contributed by atoms with Crippen molar-refractivity contribution in [3.8, 4) is 0 Å². The summed E-state index contributed by atoms with van der Waals surface area (Å²) in [6, 6.07) is 14.2. The van der Waals surface area contributed by atoms with E-state index in [2.05, 4.69) is 0 Å². The number of hydrogen-bond donors (Lipinski definition) is 1. The van der Waals surface area contributed by atoms with Crippen molar-refractivity contribution in [2.45, 2.75) is 49.1 Å². The molecule has 0 amide bonds. The first kappa shape index (κ1) is 24.4. The Hall–Kier alpha value is -2.21. The minimum Gasteiger partial charge on any atom is -0.429 e. The van der Waals surface area contributed by atoms with Crippen molar-refractivity contribution in [2.24, 2.45) is 0 Å². The molecule has 1 N–H and O–H groups in total. The Morgan fingerprint density at radius 1 is 1.09 bits per heavy atom. The molecule has 0 aromatic heterocycles. The highest BCUT2D eigenvalue weighted by molar-refractivity contribution is 7.86. The van der Waals surface area contributed by atoms with E-state index in [9.17, 15) is 18.3 Å². The highest BCUT2D eigenvalue weighted by Crippen LogP contribution is 2.30. The molecule has 2 aromatic carbocycles. The number of hydrogen-bond acceptors (Lipinski definition) is 9. The molecular weight excluding hydrogens is 464 g/mol. The van der Waals surface area contributed by atoms with Gasteiger partial charge in [0.1, 0.15) is 12.7 Å². The smallest absolute Gasteiger partial charge is 0.429 e. The molecule has 174 valence electrons. The van der Waals surface area contributed by atoms with E-state index in [1.165, 1.54) is 38.3 Å². The Labute approximate surface area is 190 Å². The number of carbonyl (C=O) groups is 1. The first-order chi connectivity index (χ1) is 15.2. The molecule has 1 aliphatic heterocycles. The molecule has 0 bridgehead atoms. The Morgan fingerprint density at radius 2 is 1.75 bits per heavy atom. The van der Waals surface area contributed by atoms with Gasteiger partial charge in [-0.15, -0.1) is 0 Å². The lowest BCUT2D eigenvalue weighted by molar-refractivity contribution is -0.280. The van der Waals surface area contributed by atoms with E-state index in [0.717, 1.165) is 5.56 Å². The van der Waals surface area contributed by atoms with Gasteiger partial charge in [0.2, 0.25) is 0 Å². The van der Waals surface area contributed by atoms with Crippen LogP contribution in [0.1, 0.15) is 12.5 Å². The van der Waals surface area contributed by atoms with Crippen LogP contribution in [0.25, 0.3) is 0 Å². The molecule has 0 spiro atoms. The summed E-state index contributed by atoms with van der Waals surface area (Å²) >= 11 is 5.81. The summed E-state index contributed by atoms with van der Waals surface area (Å²) in [6.45, 7) is 1.45. The van der Waals surface area contributed by atoms with E-state index < -0.39 is 47.0 Å². The molecule has 11 heteroatoms. The Bertz CT molecular complexity index is 998. The molecule has 1 saturated heterocycles. The molecule has 1 aliphatic rings. The maximum absolute atomic E-state index is 12.8. The fourth-order valence-electron chi connectivity index (χ4n) is 3.08. The molecule has 9 nitrogen and oxygen atoms in total. The van der Waals surface area contributed by atoms with Crippen LogP contribution in [-0.2, 0) is 39.9 Å². The summed E-state index contributed by atoms with van der Waals surface area (Å²) in [6.07, 6.45) is -7.56. The van der Waals surface area contributed by atoms with Crippen LogP contribution in [0.15, 0.2) is 59.5 Å². The molecule has 2 aromatic rings. The van der Waals surface area contributed by atoms with Gasteiger partial charge in [0.05, 0.1) is 11.0 Å². The summed E-state index contributed by atoms with van der Waals surface area (Å²) < 4.78 is 51.9. The third-order valence-corrected chi connectivity index (χ3v) is 6.34. The lowest BCUT2D eigenvalue weighted by atomic mass is 10.00. The van der Waals surface area contributed by atoms with Crippen LogP contribution < -0.4 is 0 Å². The van der Waals surface area contributed by atoms with E-state index in [1.54, 1.807) is 24.3 Å². The van der Waals surface area contributed by atoms with Crippen LogP contribution >= 0.6 is 11.6 Å². The van der Waals surface area contributed by atoms with Gasteiger partial charge in [0.25, 0.3) is 10.1 Å². The van der Waals surface area contributed by atoms with E-state index in [1.807, 2.05) is 6.07 Å². The maximum atomic E-state index is 12.8. The second-order valence-corrected chi connectivity index (χ2v) is 9.02. The number of rotatable bonds is 7. The Morgan fingerprint density at radius 3 is 2.38 bits per heavy atom. The zero-order chi connectivity index (χ0) is 23.3. The maximum Gasteiger partial charge on any atom is 0.509 e. The Balaban J connectivity index is 1.78. The average Bonchev–Trinajstić information content (AvgIpc) is 2.78. The van der Waals surface area contributed by atoms with Gasteiger partial charge in [0.15, 0.2) is 18.5 Å². The van der Waals surface area contributed by atoms with Crippen molar-refractivity contribution in [3.63, 3.8) is 0 Å². The van der Waals surface area contributed by atoms with Crippen LogP contribution in [0.5, 0.6) is 0 Å². The number of methoxy groups -OCH3 is 1. The lowest BCUT2D eigenvalue weighted by Crippen LogP contribution is -2.60. The van der Waals surface area contributed by atoms with Crippen LogP contribution in [0, 0.1) is 0 Å². The highest BCUT2D eigenvalue weighted by Gasteiger charge is 2.49. The summed E-state index contributed by atoms with van der Waals surface area (Å²) in [4.78, 5) is 12.1. The molecule has 1 heterocycles. The number of ether oxygens (including phenoxy) is 4. The third kappa shape index (κ3) is 5.97. The van der Waals surface area contributed by atoms with Crippen LogP contribution in [0.4, 0.5) is 4.79 Å². The number of benzene rings is 2. The van der Waals surface area contributed by atoms with Gasteiger partial charge in [-0.2, -0.15) is 8.42 Å². The summed E-state index contributed by atoms with van der Waals surface area (Å²) in [5.41, 5.74) is 0.721. The minimum absolute atomic E-state index is 0.0726. The monoisotopic (exact) mass is 486 g/mol. The minimum atomic E-state index is -4.35. The lowest BCUT2D eigenvalue weighted by Gasteiger charge is -2.41. The van der Waals surface area contributed by atoms with Gasteiger partial charge in [-0.25, -0.2) is 4.79 Å². The quantitative estimate of drug-likeness (QED) is 0.465. The molecule has 0 saturated carbocycles. The summed E-state index contributed by atoms with van der Waals surface area (Å²) in [5, 5.41) is 10.9. The van der Waals surface area contributed by atoms with Crippen LogP contribution in [-0.4, -0.2) is 57.5 Å². The van der Waals surface area contributed by atoms with Gasteiger partial charge in [0, 0.05) is 12.1 Å². The average molecular weight is 487 g/mol. The van der Waals surface area contributed by atoms with Crippen LogP contribution in [0.3, 0.4) is 0 Å². The van der Waals surface area contributed by atoms with Crippen molar-refractivity contribution >= 4 is 27.9 Å². The van der Waals surface area contributed by atoms with Crippen LogP contribution in [0.2, 0.25) is 5.02 Å². The van der Waals surface area contributed by atoms with E-state index >= 15 is 0 Å². The SMILES string of the molecule is CO[C@H]1O[C@@H](C)[C@H](O)[C@@H](OC(=O)OCc2ccccc2)[C@H]1OS(=O)(=O)c1ccc(Cl)cc1. The van der Waals surface area contributed by atoms with Crippen molar-refractivity contribution < 1.29 is 41.4 Å². The van der Waals surface area contributed by atoms with Gasteiger partial charge >= 0.3 is 6.16 Å². The zero-order valence-corrected chi connectivity index (χ0v) is 18.9. The van der Waals surface area contributed by atoms with Crippen molar-refractivity contribution in [1.82, 2.24) is 0 Å².